The van der Waals surface area contributed by atoms with Crippen LogP contribution in [0.1, 0.15) is 38.5 Å². The zero-order valence-corrected chi connectivity index (χ0v) is 13.0. The third kappa shape index (κ3) is 3.38. The second-order valence-corrected chi connectivity index (χ2v) is 6.36. The highest BCUT2D eigenvalue weighted by molar-refractivity contribution is 5.96. The molecule has 3 rings (SSSR count). The van der Waals surface area contributed by atoms with Crippen LogP contribution in [-0.4, -0.2) is 30.8 Å². The Morgan fingerprint density at radius 2 is 1.82 bits per heavy atom. The molecule has 118 valence electrons. The molecule has 0 spiro atoms. The zero-order valence-electron chi connectivity index (χ0n) is 13.0. The van der Waals surface area contributed by atoms with Gasteiger partial charge in [0, 0.05) is 31.1 Å². The van der Waals surface area contributed by atoms with Crippen molar-refractivity contribution in [2.24, 2.45) is 5.92 Å². The minimum absolute atomic E-state index is 0.0617. The maximum atomic E-state index is 13.1. The van der Waals surface area contributed by atoms with E-state index in [0.29, 0.717) is 18.6 Å². The van der Waals surface area contributed by atoms with Crippen molar-refractivity contribution >= 4 is 17.4 Å². The zero-order chi connectivity index (χ0) is 15.4. The first-order valence-corrected chi connectivity index (χ1v) is 8.36. The molecule has 1 N–H and O–H groups in total. The molecule has 0 unspecified atom stereocenters. The lowest BCUT2D eigenvalue weighted by Gasteiger charge is -2.37. The highest BCUT2D eigenvalue weighted by Crippen LogP contribution is 2.28. The molecule has 1 saturated carbocycles. The summed E-state index contributed by atoms with van der Waals surface area (Å²) in [5.74, 6) is 0.611. The summed E-state index contributed by atoms with van der Waals surface area (Å²) in [7, 11) is 0. The smallest absolute Gasteiger partial charge is 0.231 e. The van der Waals surface area contributed by atoms with Crippen LogP contribution in [0.25, 0.3) is 0 Å². The van der Waals surface area contributed by atoms with Crippen LogP contribution in [0.4, 0.5) is 5.69 Å². The fraction of sp³-hybridized carbons (Fsp3) is 0.556. The number of para-hydroxylation sites is 1. The van der Waals surface area contributed by atoms with Gasteiger partial charge in [-0.3, -0.25) is 9.59 Å². The molecular formula is C18H24N2O2. The van der Waals surface area contributed by atoms with E-state index in [1.807, 2.05) is 35.2 Å². The third-order valence-corrected chi connectivity index (χ3v) is 4.80. The summed E-state index contributed by atoms with van der Waals surface area (Å²) in [5, 5.41) is 3.33. The fourth-order valence-electron chi connectivity index (χ4n) is 3.55. The van der Waals surface area contributed by atoms with Gasteiger partial charge in [0.1, 0.15) is 5.78 Å². The predicted octanol–water partition coefficient (Wildman–Crippen LogP) is 2.53. The van der Waals surface area contributed by atoms with Crippen molar-refractivity contribution in [1.82, 2.24) is 5.32 Å². The largest absolute Gasteiger partial charge is 0.316 e. The summed E-state index contributed by atoms with van der Waals surface area (Å²) in [6.07, 6.45) is 4.80. The molecule has 0 aromatic heterocycles. The Hall–Kier alpha value is -1.68. The SMILES string of the molecule is O=C1CCC(N(C(=O)[C@H]2CCCNC2)c2ccccc2)CC1. The van der Waals surface area contributed by atoms with Crippen molar-refractivity contribution in [3.8, 4) is 0 Å². The van der Waals surface area contributed by atoms with Gasteiger partial charge in [0.05, 0.1) is 5.92 Å². The summed E-state index contributed by atoms with van der Waals surface area (Å²) < 4.78 is 0. The van der Waals surface area contributed by atoms with Crippen molar-refractivity contribution in [2.75, 3.05) is 18.0 Å². The van der Waals surface area contributed by atoms with E-state index in [0.717, 1.165) is 44.5 Å². The standard InChI is InChI=1S/C18H24N2O2/c21-17-10-8-16(9-11-17)20(15-6-2-1-3-7-15)18(22)14-5-4-12-19-13-14/h1-3,6-7,14,16,19H,4-5,8-13H2/t14-/m0/s1. The van der Waals surface area contributed by atoms with Gasteiger partial charge >= 0.3 is 0 Å². The second-order valence-electron chi connectivity index (χ2n) is 6.36. The summed E-state index contributed by atoms with van der Waals surface area (Å²) in [5.41, 5.74) is 0.970. The number of anilines is 1. The van der Waals surface area contributed by atoms with Crippen molar-refractivity contribution < 1.29 is 9.59 Å². The van der Waals surface area contributed by atoms with Gasteiger partial charge < -0.3 is 10.2 Å². The molecule has 4 nitrogen and oxygen atoms in total. The van der Waals surface area contributed by atoms with Gasteiger partial charge in [0.25, 0.3) is 0 Å². The lowest BCUT2D eigenvalue weighted by molar-refractivity contribution is -0.125. The van der Waals surface area contributed by atoms with E-state index in [-0.39, 0.29) is 17.9 Å². The van der Waals surface area contributed by atoms with Gasteiger partial charge in [-0.1, -0.05) is 18.2 Å². The maximum absolute atomic E-state index is 13.1. The Morgan fingerprint density at radius 3 is 2.45 bits per heavy atom. The number of piperidine rings is 1. The summed E-state index contributed by atoms with van der Waals surface area (Å²) in [6.45, 7) is 1.78. The van der Waals surface area contributed by atoms with Crippen LogP contribution in [-0.2, 0) is 9.59 Å². The third-order valence-electron chi connectivity index (χ3n) is 4.80. The highest BCUT2D eigenvalue weighted by Gasteiger charge is 2.33. The Balaban J connectivity index is 1.82. The molecule has 4 heteroatoms. The van der Waals surface area contributed by atoms with Gasteiger partial charge in [-0.05, 0) is 44.4 Å². The van der Waals surface area contributed by atoms with Crippen LogP contribution < -0.4 is 10.2 Å². The number of nitrogens with one attached hydrogen (secondary N) is 1. The average Bonchev–Trinajstić information content (AvgIpc) is 2.58. The summed E-state index contributed by atoms with van der Waals surface area (Å²) in [6, 6.07) is 10.1. The van der Waals surface area contributed by atoms with Crippen molar-refractivity contribution in [3.05, 3.63) is 30.3 Å². The fourth-order valence-corrected chi connectivity index (χ4v) is 3.55. The predicted molar refractivity (Wildman–Crippen MR) is 86.8 cm³/mol. The Labute approximate surface area is 131 Å². The Kier molecular flexibility index (Phi) is 4.88. The number of amides is 1. The van der Waals surface area contributed by atoms with Crippen LogP contribution in [0.15, 0.2) is 30.3 Å². The highest BCUT2D eigenvalue weighted by atomic mass is 16.2. The molecule has 1 aliphatic carbocycles. The Bertz CT molecular complexity index is 513. The number of carbonyl (C=O) groups excluding carboxylic acids is 2. The van der Waals surface area contributed by atoms with Crippen LogP contribution in [0, 0.1) is 5.92 Å². The first-order valence-electron chi connectivity index (χ1n) is 8.36. The van der Waals surface area contributed by atoms with Crippen LogP contribution in [0.3, 0.4) is 0 Å². The van der Waals surface area contributed by atoms with E-state index in [9.17, 15) is 9.59 Å². The molecule has 2 fully saturated rings. The van der Waals surface area contributed by atoms with E-state index >= 15 is 0 Å². The van der Waals surface area contributed by atoms with Crippen LogP contribution in [0.5, 0.6) is 0 Å². The molecule has 0 radical (unpaired) electrons. The van der Waals surface area contributed by atoms with E-state index in [4.69, 9.17) is 0 Å². The van der Waals surface area contributed by atoms with Crippen molar-refractivity contribution in [2.45, 2.75) is 44.6 Å². The molecule has 1 aromatic carbocycles. The van der Waals surface area contributed by atoms with Crippen molar-refractivity contribution in [1.29, 1.82) is 0 Å². The number of ketones is 1. The van der Waals surface area contributed by atoms with Gasteiger partial charge in [-0.15, -0.1) is 0 Å². The summed E-state index contributed by atoms with van der Waals surface area (Å²) >= 11 is 0. The van der Waals surface area contributed by atoms with Gasteiger partial charge in [0.2, 0.25) is 5.91 Å². The van der Waals surface area contributed by atoms with E-state index in [1.54, 1.807) is 0 Å². The number of rotatable bonds is 3. The average molecular weight is 300 g/mol. The molecule has 0 bridgehead atoms. The molecule has 1 saturated heterocycles. The molecule has 22 heavy (non-hydrogen) atoms. The molecule has 1 heterocycles. The lowest BCUT2D eigenvalue weighted by Crippen LogP contribution is -2.49. The number of hydrogen-bond donors (Lipinski definition) is 1. The molecule has 1 aliphatic heterocycles. The minimum atomic E-state index is 0.0617. The van der Waals surface area contributed by atoms with Gasteiger partial charge in [-0.25, -0.2) is 0 Å². The second kappa shape index (κ2) is 7.05. The molecule has 1 atom stereocenters. The van der Waals surface area contributed by atoms with Crippen LogP contribution in [0.2, 0.25) is 0 Å². The van der Waals surface area contributed by atoms with E-state index < -0.39 is 0 Å². The van der Waals surface area contributed by atoms with Gasteiger partial charge in [0.15, 0.2) is 0 Å². The maximum Gasteiger partial charge on any atom is 0.231 e. The lowest BCUT2D eigenvalue weighted by atomic mass is 9.90. The first kappa shape index (κ1) is 15.2. The topological polar surface area (TPSA) is 49.4 Å². The number of Topliss-reactive ketones (excluding diaryl/α,β-unsaturated/α-hetero) is 1. The monoisotopic (exact) mass is 300 g/mol. The molecule has 2 aliphatic rings. The number of nitrogens with zero attached hydrogens (tertiary/aromatic N) is 1. The molecule has 1 amide bonds. The molecule has 1 aromatic rings. The quantitative estimate of drug-likeness (QED) is 0.933. The number of hydrogen-bond acceptors (Lipinski definition) is 3. The summed E-state index contributed by atoms with van der Waals surface area (Å²) in [4.78, 5) is 26.6. The van der Waals surface area contributed by atoms with E-state index in [1.165, 1.54) is 0 Å². The number of benzene rings is 1. The normalized spacial score (nSPS) is 23.3. The Morgan fingerprint density at radius 1 is 1.09 bits per heavy atom. The van der Waals surface area contributed by atoms with Crippen molar-refractivity contribution in [3.63, 3.8) is 0 Å². The number of carbonyl (C=O) groups is 2. The van der Waals surface area contributed by atoms with Gasteiger partial charge in [-0.2, -0.15) is 0 Å². The molecular weight excluding hydrogens is 276 g/mol. The van der Waals surface area contributed by atoms with E-state index in [2.05, 4.69) is 5.32 Å². The minimum Gasteiger partial charge on any atom is -0.316 e. The first-order chi connectivity index (χ1) is 10.8. The van der Waals surface area contributed by atoms with Crippen LogP contribution >= 0.6 is 0 Å².